The molecule has 25 heavy (non-hydrogen) atoms. The highest BCUT2D eigenvalue weighted by atomic mass is 16.5. The number of rotatable bonds is 6. The number of ether oxygens (including phenoxy) is 2. The van der Waals surface area contributed by atoms with Crippen molar-refractivity contribution in [3.63, 3.8) is 0 Å². The van der Waals surface area contributed by atoms with Crippen LogP contribution in [0.3, 0.4) is 0 Å². The lowest BCUT2D eigenvalue weighted by Crippen LogP contribution is -1.98. The molecule has 0 heterocycles. The van der Waals surface area contributed by atoms with Crippen molar-refractivity contribution >= 4 is 23.5 Å². The van der Waals surface area contributed by atoms with Crippen LogP contribution in [-0.4, -0.2) is 26.4 Å². The topological polar surface area (TPSA) is 77.3 Å². The molecular formula is C19H18N2O4. The molecule has 0 aliphatic rings. The van der Waals surface area contributed by atoms with E-state index in [1.807, 2.05) is 26.0 Å². The van der Waals surface area contributed by atoms with Crippen LogP contribution in [0.1, 0.15) is 22.3 Å². The van der Waals surface area contributed by atoms with Gasteiger partial charge in [0, 0.05) is 0 Å². The maximum absolute atomic E-state index is 10.5. The van der Waals surface area contributed by atoms with Crippen LogP contribution in [0, 0.1) is 13.8 Å². The van der Waals surface area contributed by atoms with Crippen molar-refractivity contribution in [1.82, 2.24) is 0 Å². The normalized spacial score (nSPS) is 9.76. The van der Waals surface area contributed by atoms with Gasteiger partial charge in [-0.25, -0.2) is 9.59 Å². The number of aliphatic imine (C=N–C) groups is 2. The second-order valence-corrected chi connectivity index (χ2v) is 5.48. The van der Waals surface area contributed by atoms with E-state index in [0.29, 0.717) is 29.3 Å². The van der Waals surface area contributed by atoms with Gasteiger partial charge in [0.05, 0.1) is 14.2 Å². The fourth-order valence-corrected chi connectivity index (χ4v) is 2.62. The summed E-state index contributed by atoms with van der Waals surface area (Å²) in [5, 5.41) is 0. The molecule has 6 nitrogen and oxygen atoms in total. The molecule has 0 aromatic heterocycles. The Balaban J connectivity index is 2.49. The molecule has 2 aromatic rings. The standard InChI is InChI=1S/C19H18N2O4/c1-12-5-16(20-10-22)18(24-3)8-14(12)7-15-9-19(25-4)17(21-11-23)6-13(15)2/h5-6,8-9H,7H2,1-4H3. The van der Waals surface area contributed by atoms with Gasteiger partial charge in [-0.3, -0.25) is 0 Å². The van der Waals surface area contributed by atoms with Crippen LogP contribution < -0.4 is 9.47 Å². The summed E-state index contributed by atoms with van der Waals surface area (Å²) in [6, 6.07) is 7.29. The summed E-state index contributed by atoms with van der Waals surface area (Å²) in [7, 11) is 3.05. The molecule has 0 unspecified atom stereocenters. The van der Waals surface area contributed by atoms with Gasteiger partial charge in [-0.1, -0.05) is 0 Å². The number of isocyanates is 2. The van der Waals surface area contributed by atoms with Gasteiger partial charge < -0.3 is 9.47 Å². The first kappa shape index (κ1) is 18.1. The lowest BCUT2D eigenvalue weighted by Gasteiger charge is -2.14. The number of hydrogen-bond donors (Lipinski definition) is 0. The number of nitrogens with zero attached hydrogens (tertiary/aromatic N) is 2. The fraction of sp³-hybridized carbons (Fsp3) is 0.263. The van der Waals surface area contributed by atoms with Crippen LogP contribution in [0.25, 0.3) is 0 Å². The van der Waals surface area contributed by atoms with E-state index in [-0.39, 0.29) is 0 Å². The summed E-state index contributed by atoms with van der Waals surface area (Å²) in [4.78, 5) is 28.4. The maximum Gasteiger partial charge on any atom is 0.240 e. The minimum Gasteiger partial charge on any atom is -0.494 e. The number of benzene rings is 2. The molecule has 0 bridgehead atoms. The third kappa shape index (κ3) is 4.01. The Morgan fingerprint density at radius 1 is 0.800 bits per heavy atom. The monoisotopic (exact) mass is 338 g/mol. The van der Waals surface area contributed by atoms with E-state index in [0.717, 1.165) is 22.3 Å². The number of hydrogen-bond acceptors (Lipinski definition) is 6. The summed E-state index contributed by atoms with van der Waals surface area (Å²) >= 11 is 0. The lowest BCUT2D eigenvalue weighted by atomic mass is 9.96. The Kier molecular flexibility index (Phi) is 5.85. The van der Waals surface area contributed by atoms with Gasteiger partial charge in [0.25, 0.3) is 0 Å². The second-order valence-electron chi connectivity index (χ2n) is 5.48. The molecule has 6 heteroatoms. The predicted molar refractivity (Wildman–Crippen MR) is 93.8 cm³/mol. The van der Waals surface area contributed by atoms with Crippen molar-refractivity contribution in [3.8, 4) is 11.5 Å². The summed E-state index contributed by atoms with van der Waals surface area (Å²) in [6.45, 7) is 3.88. The molecule has 0 amide bonds. The first-order valence-electron chi connectivity index (χ1n) is 7.54. The van der Waals surface area contributed by atoms with E-state index in [4.69, 9.17) is 9.47 Å². The average Bonchev–Trinajstić information content (AvgIpc) is 2.59. The van der Waals surface area contributed by atoms with Gasteiger partial charge in [-0.2, -0.15) is 9.98 Å². The van der Waals surface area contributed by atoms with Gasteiger partial charge in [0.2, 0.25) is 12.2 Å². The second kappa shape index (κ2) is 8.06. The average molecular weight is 338 g/mol. The molecule has 128 valence electrons. The van der Waals surface area contributed by atoms with Crippen LogP contribution in [-0.2, 0) is 16.0 Å². The Bertz CT molecular complexity index is 819. The van der Waals surface area contributed by atoms with Crippen LogP contribution >= 0.6 is 0 Å². The predicted octanol–water partition coefficient (Wildman–Crippen LogP) is 3.85. The van der Waals surface area contributed by atoms with E-state index < -0.39 is 0 Å². The van der Waals surface area contributed by atoms with Gasteiger partial charge >= 0.3 is 0 Å². The van der Waals surface area contributed by atoms with E-state index in [1.165, 1.54) is 26.4 Å². The highest BCUT2D eigenvalue weighted by Gasteiger charge is 2.12. The van der Waals surface area contributed by atoms with Crippen molar-refractivity contribution in [2.45, 2.75) is 20.3 Å². The van der Waals surface area contributed by atoms with Crippen molar-refractivity contribution in [1.29, 1.82) is 0 Å². The zero-order chi connectivity index (χ0) is 18.4. The minimum absolute atomic E-state index is 0.448. The summed E-state index contributed by atoms with van der Waals surface area (Å²) in [6.07, 6.45) is 3.69. The van der Waals surface area contributed by atoms with Crippen molar-refractivity contribution in [2.24, 2.45) is 9.98 Å². The highest BCUT2D eigenvalue weighted by molar-refractivity contribution is 5.63. The third-order valence-corrected chi connectivity index (χ3v) is 3.99. The smallest absolute Gasteiger partial charge is 0.240 e. The van der Waals surface area contributed by atoms with Gasteiger partial charge in [-0.15, -0.1) is 0 Å². The molecule has 0 radical (unpaired) electrons. The molecule has 0 N–H and O–H groups in total. The van der Waals surface area contributed by atoms with Crippen LogP contribution in [0.2, 0.25) is 0 Å². The molecule has 0 spiro atoms. The molecule has 0 saturated heterocycles. The number of aryl methyl sites for hydroxylation is 2. The first-order chi connectivity index (χ1) is 12.0. The Hall–Kier alpha value is -3.20. The highest BCUT2D eigenvalue weighted by Crippen LogP contribution is 2.34. The van der Waals surface area contributed by atoms with Crippen molar-refractivity contribution < 1.29 is 19.1 Å². The third-order valence-electron chi connectivity index (χ3n) is 3.99. The van der Waals surface area contributed by atoms with Crippen molar-refractivity contribution in [3.05, 3.63) is 46.5 Å². The Labute approximate surface area is 145 Å². The van der Waals surface area contributed by atoms with E-state index in [9.17, 15) is 9.59 Å². The summed E-state index contributed by atoms with van der Waals surface area (Å²) in [5.74, 6) is 1.02. The van der Waals surface area contributed by atoms with Crippen molar-refractivity contribution in [2.75, 3.05) is 14.2 Å². The summed E-state index contributed by atoms with van der Waals surface area (Å²) < 4.78 is 10.6. The quantitative estimate of drug-likeness (QED) is 0.592. The SMILES string of the molecule is COc1cc(Cc2cc(OC)c(N=C=O)cc2C)c(C)cc1N=C=O. The molecule has 0 fully saturated rings. The van der Waals surface area contributed by atoms with Crippen LogP contribution in [0.15, 0.2) is 34.3 Å². The molecular weight excluding hydrogens is 320 g/mol. The summed E-state index contributed by atoms with van der Waals surface area (Å²) in [5.41, 5.74) is 4.90. The van der Waals surface area contributed by atoms with E-state index in [1.54, 1.807) is 12.1 Å². The minimum atomic E-state index is 0.448. The first-order valence-corrected chi connectivity index (χ1v) is 7.54. The molecule has 2 aromatic carbocycles. The van der Waals surface area contributed by atoms with E-state index >= 15 is 0 Å². The Morgan fingerprint density at radius 3 is 1.52 bits per heavy atom. The van der Waals surface area contributed by atoms with Gasteiger partial charge in [0.15, 0.2) is 0 Å². The van der Waals surface area contributed by atoms with Crippen LogP contribution in [0.4, 0.5) is 11.4 Å². The molecule has 0 atom stereocenters. The van der Waals surface area contributed by atoms with Crippen LogP contribution in [0.5, 0.6) is 11.5 Å². The zero-order valence-corrected chi connectivity index (χ0v) is 14.5. The number of carbonyl (C=O) groups excluding carboxylic acids is 2. The van der Waals surface area contributed by atoms with Gasteiger partial charge in [-0.05, 0) is 66.8 Å². The fourth-order valence-electron chi connectivity index (χ4n) is 2.62. The van der Waals surface area contributed by atoms with E-state index in [2.05, 4.69) is 9.98 Å². The zero-order valence-electron chi connectivity index (χ0n) is 14.5. The largest absolute Gasteiger partial charge is 0.494 e. The molecule has 0 aliphatic heterocycles. The number of methoxy groups -OCH3 is 2. The molecule has 0 aliphatic carbocycles. The molecule has 0 saturated carbocycles. The van der Waals surface area contributed by atoms with Gasteiger partial charge in [0.1, 0.15) is 22.9 Å². The Morgan fingerprint density at radius 2 is 1.20 bits per heavy atom. The lowest BCUT2D eigenvalue weighted by molar-refractivity contribution is 0.415. The molecule has 2 rings (SSSR count). The maximum atomic E-state index is 10.5.